The Kier molecular flexibility index (Phi) is 4.65. The molecule has 1 amide bonds. The van der Waals surface area contributed by atoms with E-state index in [0.717, 1.165) is 0 Å². The lowest BCUT2D eigenvalue weighted by Crippen LogP contribution is -2.27. The molecule has 0 aromatic heterocycles. The lowest BCUT2D eigenvalue weighted by Gasteiger charge is -2.21. The third kappa shape index (κ3) is 5.93. The second-order valence-electron chi connectivity index (χ2n) is 6.46. The highest BCUT2D eigenvalue weighted by Crippen LogP contribution is 2.25. The summed E-state index contributed by atoms with van der Waals surface area (Å²) in [5, 5.41) is 22.2. The molecular weight excluding hydrogens is 258 g/mol. The van der Waals surface area contributed by atoms with Gasteiger partial charge in [0, 0.05) is 12.1 Å². The zero-order chi connectivity index (χ0) is 15.6. The van der Waals surface area contributed by atoms with E-state index in [-0.39, 0.29) is 12.2 Å². The monoisotopic (exact) mass is 281 g/mol. The molecule has 3 N–H and O–H groups in total. The predicted octanol–water partition coefficient (Wildman–Crippen LogP) is 3.05. The summed E-state index contributed by atoms with van der Waals surface area (Å²) in [6.07, 6.45) is -0.278. The van der Waals surface area contributed by atoms with Crippen LogP contribution < -0.4 is 5.32 Å². The Hall–Kier alpha value is -1.75. The molecule has 5 nitrogen and oxygen atoms in total. The second-order valence-corrected chi connectivity index (χ2v) is 6.46. The first-order valence-electron chi connectivity index (χ1n) is 6.50. The summed E-state index contributed by atoms with van der Waals surface area (Å²) in [6.45, 7) is 8.65. The van der Waals surface area contributed by atoms with Gasteiger partial charge in [-0.15, -0.1) is 0 Å². The number of amides is 1. The molecule has 0 unspecified atom stereocenters. The average Bonchev–Trinajstić information content (AvgIpc) is 2.18. The van der Waals surface area contributed by atoms with Crippen LogP contribution in [0.5, 0.6) is 5.75 Å². The number of hydrogen-bond acceptors (Lipinski definition) is 4. The Morgan fingerprint density at radius 3 is 2.35 bits per heavy atom. The van der Waals surface area contributed by atoms with Crippen LogP contribution in [0.2, 0.25) is 0 Å². The standard InChI is InChI=1S/C15H23NO4/c1-14(2,3)20-13(18)16-11-6-7-12(17)10(8-11)9-15(4,5)19/h6-8,17,19H,9H2,1-5H3,(H,16,18). The highest BCUT2D eigenvalue weighted by atomic mass is 16.6. The maximum Gasteiger partial charge on any atom is 0.412 e. The lowest BCUT2D eigenvalue weighted by atomic mass is 9.97. The number of carbonyl (C=O) groups excluding carboxylic acids is 1. The number of anilines is 1. The lowest BCUT2D eigenvalue weighted by molar-refractivity contribution is 0.0636. The van der Waals surface area contributed by atoms with Gasteiger partial charge < -0.3 is 14.9 Å². The van der Waals surface area contributed by atoms with Crippen molar-refractivity contribution in [1.29, 1.82) is 0 Å². The van der Waals surface area contributed by atoms with E-state index in [1.54, 1.807) is 46.8 Å². The van der Waals surface area contributed by atoms with Crippen molar-refractivity contribution in [3.05, 3.63) is 23.8 Å². The van der Waals surface area contributed by atoms with Crippen LogP contribution in [0.25, 0.3) is 0 Å². The number of phenols is 1. The molecular formula is C15H23NO4. The Morgan fingerprint density at radius 2 is 1.85 bits per heavy atom. The molecule has 0 spiro atoms. The van der Waals surface area contributed by atoms with Gasteiger partial charge in [0.25, 0.3) is 0 Å². The van der Waals surface area contributed by atoms with Gasteiger partial charge in [0.05, 0.1) is 5.60 Å². The predicted molar refractivity (Wildman–Crippen MR) is 78.0 cm³/mol. The number of benzene rings is 1. The van der Waals surface area contributed by atoms with Gasteiger partial charge in [-0.1, -0.05) is 0 Å². The van der Waals surface area contributed by atoms with E-state index in [0.29, 0.717) is 11.3 Å². The van der Waals surface area contributed by atoms with E-state index in [2.05, 4.69) is 5.32 Å². The molecule has 20 heavy (non-hydrogen) atoms. The van der Waals surface area contributed by atoms with Gasteiger partial charge in [-0.3, -0.25) is 5.32 Å². The first-order valence-corrected chi connectivity index (χ1v) is 6.50. The molecule has 1 aromatic rings. The van der Waals surface area contributed by atoms with Gasteiger partial charge in [0.2, 0.25) is 0 Å². The molecule has 0 saturated carbocycles. The largest absolute Gasteiger partial charge is 0.508 e. The van der Waals surface area contributed by atoms with E-state index in [4.69, 9.17) is 4.74 Å². The molecule has 0 saturated heterocycles. The number of phenolic OH excluding ortho intramolecular Hbond substituents is 1. The zero-order valence-corrected chi connectivity index (χ0v) is 12.7. The van der Waals surface area contributed by atoms with Gasteiger partial charge in [0.1, 0.15) is 11.4 Å². The maximum absolute atomic E-state index is 11.7. The van der Waals surface area contributed by atoms with Crippen molar-refractivity contribution in [2.24, 2.45) is 0 Å². The summed E-state index contributed by atoms with van der Waals surface area (Å²) in [7, 11) is 0. The van der Waals surface area contributed by atoms with Gasteiger partial charge in [-0.25, -0.2) is 4.79 Å². The Morgan fingerprint density at radius 1 is 1.25 bits per heavy atom. The first-order chi connectivity index (χ1) is 8.96. The summed E-state index contributed by atoms with van der Waals surface area (Å²) in [5.74, 6) is 0.0851. The van der Waals surface area contributed by atoms with Crippen molar-refractivity contribution in [3.63, 3.8) is 0 Å². The Labute approximate surface area is 119 Å². The molecule has 112 valence electrons. The summed E-state index contributed by atoms with van der Waals surface area (Å²) < 4.78 is 5.15. The van der Waals surface area contributed by atoms with E-state index < -0.39 is 17.3 Å². The van der Waals surface area contributed by atoms with E-state index in [1.807, 2.05) is 0 Å². The Balaban J connectivity index is 2.82. The van der Waals surface area contributed by atoms with Crippen LogP contribution in [0.4, 0.5) is 10.5 Å². The van der Waals surface area contributed by atoms with Crippen molar-refractivity contribution in [1.82, 2.24) is 0 Å². The molecule has 0 aliphatic heterocycles. The molecule has 0 radical (unpaired) electrons. The fourth-order valence-electron chi connectivity index (χ4n) is 1.69. The molecule has 5 heteroatoms. The number of hydrogen-bond donors (Lipinski definition) is 3. The van der Waals surface area contributed by atoms with Crippen molar-refractivity contribution in [3.8, 4) is 5.75 Å². The number of aromatic hydroxyl groups is 1. The molecule has 1 rings (SSSR count). The molecule has 0 bridgehead atoms. The SMILES string of the molecule is CC(C)(O)Cc1cc(NC(=O)OC(C)(C)C)ccc1O. The summed E-state index contributed by atoms with van der Waals surface area (Å²) in [5.41, 5.74) is -0.443. The van der Waals surface area contributed by atoms with Gasteiger partial charge in [-0.2, -0.15) is 0 Å². The van der Waals surface area contributed by atoms with Crippen LogP contribution in [0, 0.1) is 0 Å². The third-order valence-corrected chi connectivity index (χ3v) is 2.35. The minimum absolute atomic E-state index is 0.0851. The number of rotatable bonds is 3. The van der Waals surface area contributed by atoms with Gasteiger partial charge in [-0.05, 0) is 58.4 Å². The fraction of sp³-hybridized carbons (Fsp3) is 0.533. The van der Waals surface area contributed by atoms with E-state index >= 15 is 0 Å². The molecule has 1 aromatic carbocycles. The van der Waals surface area contributed by atoms with Crippen LogP contribution in [0.1, 0.15) is 40.2 Å². The zero-order valence-electron chi connectivity index (χ0n) is 12.7. The van der Waals surface area contributed by atoms with Crippen molar-refractivity contribution in [2.45, 2.75) is 52.2 Å². The summed E-state index contributed by atoms with van der Waals surface area (Å²) in [4.78, 5) is 11.7. The highest BCUT2D eigenvalue weighted by Gasteiger charge is 2.18. The van der Waals surface area contributed by atoms with Gasteiger partial charge in [0.15, 0.2) is 0 Å². The number of ether oxygens (including phenoxy) is 1. The minimum atomic E-state index is -0.942. The summed E-state index contributed by atoms with van der Waals surface area (Å²) in [6, 6.07) is 4.68. The topological polar surface area (TPSA) is 78.8 Å². The number of nitrogens with one attached hydrogen (secondary N) is 1. The fourth-order valence-corrected chi connectivity index (χ4v) is 1.69. The first kappa shape index (κ1) is 16.3. The highest BCUT2D eigenvalue weighted by molar-refractivity contribution is 5.85. The molecule has 0 atom stereocenters. The van der Waals surface area contributed by atoms with Crippen LogP contribution in [0.3, 0.4) is 0 Å². The normalized spacial score (nSPS) is 12.1. The minimum Gasteiger partial charge on any atom is -0.508 e. The number of carbonyl (C=O) groups is 1. The molecule has 0 aliphatic rings. The average molecular weight is 281 g/mol. The smallest absolute Gasteiger partial charge is 0.412 e. The third-order valence-electron chi connectivity index (χ3n) is 2.35. The second kappa shape index (κ2) is 5.71. The van der Waals surface area contributed by atoms with Crippen LogP contribution >= 0.6 is 0 Å². The van der Waals surface area contributed by atoms with Crippen LogP contribution in [0.15, 0.2) is 18.2 Å². The van der Waals surface area contributed by atoms with Crippen LogP contribution in [-0.4, -0.2) is 27.5 Å². The molecule has 0 fully saturated rings. The molecule has 0 heterocycles. The quantitative estimate of drug-likeness (QED) is 0.744. The van der Waals surface area contributed by atoms with E-state index in [9.17, 15) is 15.0 Å². The van der Waals surface area contributed by atoms with Crippen LogP contribution in [-0.2, 0) is 11.2 Å². The van der Waals surface area contributed by atoms with Crippen molar-refractivity contribution in [2.75, 3.05) is 5.32 Å². The van der Waals surface area contributed by atoms with Crippen molar-refractivity contribution < 1.29 is 19.7 Å². The van der Waals surface area contributed by atoms with Crippen molar-refractivity contribution >= 4 is 11.8 Å². The number of aliphatic hydroxyl groups is 1. The molecule has 0 aliphatic carbocycles. The van der Waals surface area contributed by atoms with Gasteiger partial charge >= 0.3 is 6.09 Å². The van der Waals surface area contributed by atoms with E-state index in [1.165, 1.54) is 6.07 Å². The summed E-state index contributed by atoms with van der Waals surface area (Å²) >= 11 is 0. The Bertz CT molecular complexity index is 484. The maximum atomic E-state index is 11.7.